The van der Waals surface area contributed by atoms with E-state index in [1.54, 1.807) is 0 Å². The molecule has 5 heteroatoms. The van der Waals surface area contributed by atoms with Crippen molar-refractivity contribution in [3.63, 3.8) is 0 Å². The number of likely N-dealkylation sites (tertiary alicyclic amines) is 1. The Morgan fingerprint density at radius 2 is 2.17 bits per heavy atom. The van der Waals surface area contributed by atoms with Gasteiger partial charge in [-0.25, -0.2) is 0 Å². The van der Waals surface area contributed by atoms with Gasteiger partial charge in [-0.05, 0) is 32.1 Å². The van der Waals surface area contributed by atoms with Crippen LogP contribution in [0.3, 0.4) is 0 Å². The van der Waals surface area contributed by atoms with Crippen LogP contribution in [0.1, 0.15) is 32.1 Å². The first-order chi connectivity index (χ1) is 8.86. The van der Waals surface area contributed by atoms with Crippen molar-refractivity contribution in [3.05, 3.63) is 0 Å². The number of nitrogens with zero attached hydrogens (tertiary/aromatic N) is 2. The highest BCUT2D eigenvalue weighted by Gasteiger charge is 2.15. The number of ether oxygens (including phenoxy) is 2. The van der Waals surface area contributed by atoms with Gasteiger partial charge in [0.1, 0.15) is 0 Å². The Labute approximate surface area is 109 Å². The van der Waals surface area contributed by atoms with E-state index in [9.17, 15) is 0 Å². The van der Waals surface area contributed by atoms with E-state index in [4.69, 9.17) is 15.2 Å². The summed E-state index contributed by atoms with van der Waals surface area (Å²) in [5, 5.41) is 0. The Hall–Kier alpha value is -0.810. The fourth-order valence-electron chi connectivity index (χ4n) is 2.38. The Morgan fingerprint density at radius 1 is 1.33 bits per heavy atom. The highest BCUT2D eigenvalue weighted by Crippen LogP contribution is 2.09. The predicted octanol–water partition coefficient (Wildman–Crippen LogP) is 0.983. The number of aliphatic imine (C=N–C) groups is 1. The molecule has 0 amide bonds. The lowest BCUT2D eigenvalue weighted by atomic mass is 10.1. The van der Waals surface area contributed by atoms with Crippen LogP contribution in [-0.2, 0) is 9.47 Å². The van der Waals surface area contributed by atoms with E-state index in [0.29, 0.717) is 12.1 Å². The lowest BCUT2D eigenvalue weighted by Gasteiger charge is -2.27. The van der Waals surface area contributed by atoms with Gasteiger partial charge in [0.15, 0.2) is 5.96 Å². The second-order valence-corrected chi connectivity index (χ2v) is 5.00. The summed E-state index contributed by atoms with van der Waals surface area (Å²) >= 11 is 0. The maximum Gasteiger partial charge on any atom is 0.191 e. The summed E-state index contributed by atoms with van der Waals surface area (Å²) in [4.78, 5) is 6.61. The van der Waals surface area contributed by atoms with Crippen molar-refractivity contribution >= 4 is 5.96 Å². The SMILES string of the molecule is NC(=NCCCOC1CCOC1)N1CCCCC1. The van der Waals surface area contributed by atoms with Crippen molar-refractivity contribution in [1.29, 1.82) is 0 Å². The molecule has 0 bridgehead atoms. The monoisotopic (exact) mass is 255 g/mol. The fraction of sp³-hybridized carbons (Fsp3) is 0.923. The molecular formula is C13H25N3O2. The van der Waals surface area contributed by atoms with Crippen molar-refractivity contribution in [2.45, 2.75) is 38.2 Å². The van der Waals surface area contributed by atoms with Crippen LogP contribution in [0.4, 0.5) is 0 Å². The standard InChI is InChI=1S/C13H25N3O2/c14-13(16-7-2-1-3-8-16)15-6-4-9-18-12-5-10-17-11-12/h12H,1-11H2,(H2,14,15). The molecule has 0 spiro atoms. The van der Waals surface area contributed by atoms with E-state index in [-0.39, 0.29) is 0 Å². The molecule has 0 aliphatic carbocycles. The van der Waals surface area contributed by atoms with Gasteiger partial charge < -0.3 is 20.1 Å². The molecule has 0 saturated carbocycles. The van der Waals surface area contributed by atoms with Gasteiger partial charge in [-0.15, -0.1) is 0 Å². The van der Waals surface area contributed by atoms with E-state index in [0.717, 1.165) is 52.3 Å². The molecule has 0 aromatic heterocycles. The van der Waals surface area contributed by atoms with Gasteiger partial charge in [0.2, 0.25) is 0 Å². The highest BCUT2D eigenvalue weighted by atomic mass is 16.5. The normalized spacial score (nSPS) is 25.7. The largest absolute Gasteiger partial charge is 0.379 e. The van der Waals surface area contributed by atoms with E-state index in [1.807, 2.05) is 0 Å². The highest BCUT2D eigenvalue weighted by molar-refractivity contribution is 5.78. The minimum absolute atomic E-state index is 0.299. The average Bonchev–Trinajstić information content (AvgIpc) is 2.92. The van der Waals surface area contributed by atoms with Gasteiger partial charge in [-0.3, -0.25) is 4.99 Å². The third-order valence-electron chi connectivity index (χ3n) is 3.50. The van der Waals surface area contributed by atoms with Crippen LogP contribution in [0.25, 0.3) is 0 Å². The lowest BCUT2D eigenvalue weighted by Crippen LogP contribution is -2.40. The van der Waals surface area contributed by atoms with Crippen LogP contribution in [0.5, 0.6) is 0 Å². The summed E-state index contributed by atoms with van der Waals surface area (Å²) in [5.41, 5.74) is 5.97. The van der Waals surface area contributed by atoms with Gasteiger partial charge >= 0.3 is 0 Å². The maximum atomic E-state index is 5.97. The Balaban J connectivity index is 1.55. The van der Waals surface area contributed by atoms with E-state index < -0.39 is 0 Å². The topological polar surface area (TPSA) is 60.1 Å². The molecule has 2 aliphatic heterocycles. The number of guanidine groups is 1. The van der Waals surface area contributed by atoms with Crippen LogP contribution in [-0.4, -0.2) is 56.4 Å². The van der Waals surface area contributed by atoms with E-state index in [1.165, 1.54) is 19.3 Å². The first kappa shape index (κ1) is 13.6. The summed E-state index contributed by atoms with van der Waals surface area (Å²) in [6.07, 6.45) is 6.06. The quantitative estimate of drug-likeness (QED) is 0.452. The van der Waals surface area contributed by atoms with Gasteiger partial charge in [-0.2, -0.15) is 0 Å². The minimum atomic E-state index is 0.299. The molecule has 0 aromatic rings. The van der Waals surface area contributed by atoms with Crippen molar-refractivity contribution in [2.24, 2.45) is 10.7 Å². The summed E-state index contributed by atoms with van der Waals surface area (Å²) in [7, 11) is 0. The van der Waals surface area contributed by atoms with Gasteiger partial charge in [0.25, 0.3) is 0 Å². The molecule has 2 fully saturated rings. The molecular weight excluding hydrogens is 230 g/mol. The minimum Gasteiger partial charge on any atom is -0.379 e. The van der Waals surface area contributed by atoms with E-state index >= 15 is 0 Å². The second-order valence-electron chi connectivity index (χ2n) is 5.00. The van der Waals surface area contributed by atoms with Gasteiger partial charge in [0, 0.05) is 32.8 Å². The molecule has 2 aliphatic rings. The van der Waals surface area contributed by atoms with Crippen LogP contribution in [0.15, 0.2) is 4.99 Å². The zero-order valence-corrected chi connectivity index (χ0v) is 11.1. The molecule has 5 nitrogen and oxygen atoms in total. The average molecular weight is 255 g/mol. The lowest BCUT2D eigenvalue weighted by molar-refractivity contribution is 0.0424. The summed E-state index contributed by atoms with van der Waals surface area (Å²) in [5.74, 6) is 0.707. The van der Waals surface area contributed by atoms with Crippen molar-refractivity contribution in [3.8, 4) is 0 Å². The molecule has 1 atom stereocenters. The fourth-order valence-corrected chi connectivity index (χ4v) is 2.38. The van der Waals surface area contributed by atoms with Crippen molar-refractivity contribution in [1.82, 2.24) is 4.90 Å². The van der Waals surface area contributed by atoms with Gasteiger partial charge in [-0.1, -0.05) is 0 Å². The maximum absolute atomic E-state index is 5.97. The van der Waals surface area contributed by atoms with Crippen LogP contribution in [0.2, 0.25) is 0 Å². The zero-order chi connectivity index (χ0) is 12.6. The number of hydrogen-bond acceptors (Lipinski definition) is 3. The van der Waals surface area contributed by atoms with Gasteiger partial charge in [0.05, 0.1) is 12.7 Å². The zero-order valence-electron chi connectivity index (χ0n) is 11.1. The third-order valence-corrected chi connectivity index (χ3v) is 3.50. The molecule has 2 rings (SSSR count). The predicted molar refractivity (Wildman–Crippen MR) is 71.7 cm³/mol. The molecule has 1 unspecified atom stereocenters. The number of rotatable bonds is 5. The molecule has 0 radical (unpaired) electrons. The van der Waals surface area contributed by atoms with Crippen LogP contribution >= 0.6 is 0 Å². The molecule has 0 aromatic carbocycles. The molecule has 2 saturated heterocycles. The van der Waals surface area contributed by atoms with Crippen LogP contribution in [0, 0.1) is 0 Å². The summed E-state index contributed by atoms with van der Waals surface area (Å²) in [6.45, 7) is 5.22. The Bertz CT molecular complexity index is 259. The molecule has 18 heavy (non-hydrogen) atoms. The first-order valence-corrected chi connectivity index (χ1v) is 7.10. The van der Waals surface area contributed by atoms with E-state index in [2.05, 4.69) is 9.89 Å². The number of hydrogen-bond donors (Lipinski definition) is 1. The Morgan fingerprint density at radius 3 is 2.89 bits per heavy atom. The summed E-state index contributed by atoms with van der Waals surface area (Å²) in [6, 6.07) is 0. The molecule has 2 heterocycles. The summed E-state index contributed by atoms with van der Waals surface area (Å²) < 4.78 is 10.9. The molecule has 104 valence electrons. The van der Waals surface area contributed by atoms with Crippen molar-refractivity contribution < 1.29 is 9.47 Å². The van der Waals surface area contributed by atoms with Crippen molar-refractivity contribution in [2.75, 3.05) is 39.5 Å². The number of nitrogens with two attached hydrogens (primary N) is 1. The smallest absolute Gasteiger partial charge is 0.191 e. The third kappa shape index (κ3) is 4.46. The Kier molecular flexibility index (Phi) is 5.74. The second kappa shape index (κ2) is 7.59. The number of piperidine rings is 1. The van der Waals surface area contributed by atoms with Crippen LogP contribution < -0.4 is 5.73 Å². The molecule has 2 N–H and O–H groups in total. The first-order valence-electron chi connectivity index (χ1n) is 7.10.